The molecule has 7 nitrogen and oxygen atoms in total. The van der Waals surface area contributed by atoms with E-state index in [0.29, 0.717) is 6.42 Å². The topological polar surface area (TPSA) is 87.1 Å². The van der Waals surface area contributed by atoms with Gasteiger partial charge in [0.1, 0.15) is 6.04 Å². The Morgan fingerprint density at radius 1 is 1.29 bits per heavy atom. The molecule has 3 aliphatic rings. The van der Waals surface area contributed by atoms with Gasteiger partial charge in [0.05, 0.1) is 35.8 Å². The lowest BCUT2D eigenvalue weighted by molar-refractivity contribution is -0.155. The Bertz CT molecular complexity index is 1190. The lowest BCUT2D eigenvalue weighted by Crippen LogP contribution is -2.60. The van der Waals surface area contributed by atoms with E-state index in [1.165, 1.54) is 0 Å². The summed E-state index contributed by atoms with van der Waals surface area (Å²) in [6.07, 6.45) is 6.40. The number of aryl methyl sites for hydroxylation is 2. The minimum absolute atomic E-state index is 0.0238. The number of carbonyl (C=O) groups excluding carboxylic acids is 3. The third kappa shape index (κ3) is 5.27. The van der Waals surface area contributed by atoms with Gasteiger partial charge in [-0.05, 0) is 62.1 Å². The van der Waals surface area contributed by atoms with Crippen LogP contribution in [0.5, 0.6) is 0 Å². The van der Waals surface area contributed by atoms with E-state index in [4.69, 9.17) is 4.74 Å². The fraction of sp³-hybridized carbons (Fsp3) is 0.606. The monoisotopic (exact) mass is 582 g/mol. The number of aliphatic hydroxyl groups excluding tert-OH is 1. The van der Waals surface area contributed by atoms with Gasteiger partial charge in [-0.15, -0.1) is 24.9 Å². The smallest absolute Gasteiger partial charge is 0.310 e. The van der Waals surface area contributed by atoms with Crippen LogP contribution in [0.2, 0.25) is 0 Å². The lowest BCUT2D eigenvalue weighted by Gasteiger charge is -2.43. The first-order valence-electron chi connectivity index (χ1n) is 15.0. The van der Waals surface area contributed by atoms with Crippen molar-refractivity contribution in [1.29, 1.82) is 0 Å². The van der Waals surface area contributed by atoms with Crippen LogP contribution in [0.15, 0.2) is 43.5 Å². The molecule has 3 aliphatic heterocycles. The molecule has 4 rings (SSSR count). The number of allylic oxidation sites excluding steroid dienone is 1. The summed E-state index contributed by atoms with van der Waals surface area (Å²) in [6.45, 7) is 18.1. The van der Waals surface area contributed by atoms with Crippen LogP contribution in [0.3, 0.4) is 0 Å². The van der Waals surface area contributed by atoms with Gasteiger partial charge in [-0.25, -0.2) is 0 Å². The van der Waals surface area contributed by atoms with Gasteiger partial charge in [-0.1, -0.05) is 51.5 Å². The predicted molar refractivity (Wildman–Crippen MR) is 165 cm³/mol. The number of hydrogen-bond acceptors (Lipinski definition) is 6. The second-order valence-corrected chi connectivity index (χ2v) is 13.6. The first-order chi connectivity index (χ1) is 19.6. The fourth-order valence-corrected chi connectivity index (χ4v) is 9.66. The molecule has 2 amide bonds. The standard InChI is InChI=1S/C33H46N2O5S/c1-8-11-12-16-40-32(39)27-26-18-23(7)33(41-26)28(27)30(37)35(25(19-36)21(5)10-3)29(33)31(38)34(15-9-2)24-17-20(4)13-14-22(24)6/h8-9,13-14,17,21,23,25-29,36H,1-2,10-12,15-16,18-19H2,3-7H3/t21-,23?,25-,26+,27-,28-,29?,33?/m0/s1. The number of ether oxygens (including phenoxy) is 1. The van der Waals surface area contributed by atoms with E-state index in [9.17, 15) is 19.5 Å². The van der Waals surface area contributed by atoms with Crippen LogP contribution in [0.4, 0.5) is 5.69 Å². The van der Waals surface area contributed by atoms with Crippen molar-refractivity contribution in [3.05, 3.63) is 54.6 Å². The molecule has 0 aromatic heterocycles. The first-order valence-corrected chi connectivity index (χ1v) is 15.8. The third-order valence-corrected chi connectivity index (χ3v) is 11.6. The second-order valence-electron chi connectivity index (χ2n) is 12.1. The zero-order valence-corrected chi connectivity index (χ0v) is 26.0. The predicted octanol–water partition coefficient (Wildman–Crippen LogP) is 5.08. The number of likely N-dealkylation sites (tertiary alicyclic amines) is 1. The zero-order valence-electron chi connectivity index (χ0n) is 25.2. The highest BCUT2D eigenvalue weighted by molar-refractivity contribution is 8.02. The molecule has 1 aromatic carbocycles. The molecule has 0 aliphatic carbocycles. The van der Waals surface area contributed by atoms with Crippen LogP contribution in [0, 0.1) is 37.5 Å². The molecule has 3 unspecified atom stereocenters. The molecule has 41 heavy (non-hydrogen) atoms. The molecule has 1 spiro atoms. The van der Waals surface area contributed by atoms with Crippen LogP contribution in [-0.4, -0.2) is 69.6 Å². The molecule has 3 saturated heterocycles. The van der Waals surface area contributed by atoms with Crippen molar-refractivity contribution >= 4 is 35.2 Å². The van der Waals surface area contributed by atoms with Crippen LogP contribution in [0.25, 0.3) is 0 Å². The largest absolute Gasteiger partial charge is 0.465 e. The van der Waals surface area contributed by atoms with E-state index in [2.05, 4.69) is 20.1 Å². The van der Waals surface area contributed by atoms with E-state index >= 15 is 0 Å². The van der Waals surface area contributed by atoms with Crippen LogP contribution < -0.4 is 4.90 Å². The number of aliphatic hydroxyl groups is 1. The van der Waals surface area contributed by atoms with Gasteiger partial charge in [0, 0.05) is 17.5 Å². The van der Waals surface area contributed by atoms with Crippen molar-refractivity contribution in [1.82, 2.24) is 4.90 Å². The van der Waals surface area contributed by atoms with Crippen LogP contribution in [-0.2, 0) is 19.1 Å². The molecule has 3 heterocycles. The number of benzene rings is 1. The van der Waals surface area contributed by atoms with Gasteiger partial charge in [0.15, 0.2) is 0 Å². The quantitative estimate of drug-likeness (QED) is 0.198. The van der Waals surface area contributed by atoms with Crippen molar-refractivity contribution in [3.8, 4) is 0 Å². The van der Waals surface area contributed by atoms with E-state index in [0.717, 1.165) is 36.1 Å². The third-order valence-electron chi connectivity index (χ3n) is 9.56. The minimum Gasteiger partial charge on any atom is -0.465 e. The highest BCUT2D eigenvalue weighted by Crippen LogP contribution is 2.69. The Morgan fingerprint density at radius 3 is 2.66 bits per heavy atom. The van der Waals surface area contributed by atoms with Crippen molar-refractivity contribution in [2.75, 3.05) is 24.7 Å². The Morgan fingerprint density at radius 2 is 2.02 bits per heavy atom. The summed E-state index contributed by atoms with van der Waals surface area (Å²) in [5.41, 5.74) is 2.77. The van der Waals surface area contributed by atoms with Crippen molar-refractivity contribution in [2.45, 2.75) is 82.4 Å². The molecule has 224 valence electrons. The normalized spacial score (nSPS) is 29.7. The van der Waals surface area contributed by atoms with Crippen molar-refractivity contribution in [2.24, 2.45) is 23.7 Å². The molecule has 1 aromatic rings. The number of nitrogens with zero attached hydrogens (tertiary/aromatic N) is 2. The number of esters is 1. The van der Waals surface area contributed by atoms with E-state index in [1.54, 1.807) is 33.7 Å². The van der Waals surface area contributed by atoms with Gasteiger partial charge in [-0.3, -0.25) is 14.4 Å². The average Bonchev–Trinajstić information content (AvgIpc) is 3.55. The van der Waals surface area contributed by atoms with Crippen LogP contribution >= 0.6 is 11.8 Å². The first kappa shape index (κ1) is 31.4. The van der Waals surface area contributed by atoms with Gasteiger partial charge in [0.25, 0.3) is 5.91 Å². The molecule has 8 heteroatoms. The van der Waals surface area contributed by atoms with Gasteiger partial charge >= 0.3 is 5.97 Å². The second kappa shape index (κ2) is 12.7. The molecule has 2 bridgehead atoms. The lowest BCUT2D eigenvalue weighted by atomic mass is 9.66. The van der Waals surface area contributed by atoms with Gasteiger partial charge in [0.2, 0.25) is 5.91 Å². The molecular formula is C33H46N2O5S. The maximum absolute atomic E-state index is 14.9. The number of hydrogen-bond donors (Lipinski definition) is 1. The summed E-state index contributed by atoms with van der Waals surface area (Å²) in [6, 6.07) is 4.65. The summed E-state index contributed by atoms with van der Waals surface area (Å²) in [7, 11) is 0. The Balaban J connectivity index is 1.83. The molecule has 1 N–H and O–H groups in total. The zero-order chi connectivity index (χ0) is 30.1. The van der Waals surface area contributed by atoms with Crippen molar-refractivity contribution in [3.63, 3.8) is 0 Å². The number of thioether (sulfide) groups is 1. The average molecular weight is 583 g/mol. The van der Waals surface area contributed by atoms with E-state index in [1.807, 2.05) is 45.9 Å². The highest BCUT2D eigenvalue weighted by atomic mass is 32.2. The summed E-state index contributed by atoms with van der Waals surface area (Å²) in [5.74, 6) is -2.05. The Hall–Kier alpha value is -2.58. The van der Waals surface area contributed by atoms with Crippen LogP contribution in [0.1, 0.15) is 57.6 Å². The number of anilines is 1. The number of amides is 2. The summed E-state index contributed by atoms with van der Waals surface area (Å²) in [5, 5.41) is 10.6. The molecule has 3 fully saturated rings. The Kier molecular flexibility index (Phi) is 9.74. The SMILES string of the molecule is C=CCCCOC(=O)[C@@H]1[C@H]2C(=O)N([C@@H](CO)[C@@H](C)CC)C(C(=O)N(CC=C)c3cc(C)ccc3C)C23S[C@@H]1CC3C. The number of rotatable bonds is 13. The molecule has 8 atom stereocenters. The number of carbonyl (C=O) groups is 3. The molecule has 0 saturated carbocycles. The minimum atomic E-state index is -0.824. The van der Waals surface area contributed by atoms with Crippen molar-refractivity contribution < 1.29 is 24.2 Å². The van der Waals surface area contributed by atoms with Gasteiger partial charge in [-0.2, -0.15) is 0 Å². The van der Waals surface area contributed by atoms with E-state index in [-0.39, 0.29) is 54.6 Å². The number of unbranched alkanes of at least 4 members (excludes halogenated alkanes) is 1. The number of fused-ring (bicyclic) bond motifs is 1. The highest BCUT2D eigenvalue weighted by Gasteiger charge is 2.77. The maximum atomic E-state index is 14.9. The fourth-order valence-electron chi connectivity index (χ4n) is 7.27. The maximum Gasteiger partial charge on any atom is 0.310 e. The molecular weight excluding hydrogens is 536 g/mol. The molecule has 0 radical (unpaired) electrons. The van der Waals surface area contributed by atoms with Gasteiger partial charge < -0.3 is 19.6 Å². The summed E-state index contributed by atoms with van der Waals surface area (Å²) >= 11 is 1.63. The summed E-state index contributed by atoms with van der Waals surface area (Å²) in [4.78, 5) is 46.5. The van der Waals surface area contributed by atoms with E-state index < -0.39 is 28.7 Å². The Labute approximate surface area is 249 Å². The summed E-state index contributed by atoms with van der Waals surface area (Å²) < 4.78 is 4.92.